The van der Waals surface area contributed by atoms with Crippen molar-refractivity contribution >= 4 is 22.5 Å². The Morgan fingerprint density at radius 3 is 2.44 bits per heavy atom. The Labute approximate surface area is 156 Å². The van der Waals surface area contributed by atoms with Gasteiger partial charge in [0.15, 0.2) is 0 Å². The molecule has 3 aromatic rings. The normalized spacial score (nSPS) is 15.6. The summed E-state index contributed by atoms with van der Waals surface area (Å²) in [6, 6.07) is 10.7. The molecule has 4 rings (SSSR count). The number of halogens is 2. The molecule has 1 amide bonds. The molecular weight excluding hydrogens is 372 g/mol. The Kier molecular flexibility index (Phi) is 4.35. The maximum Gasteiger partial charge on any atom is 0.262 e. The second-order valence-electron chi connectivity index (χ2n) is 6.30. The van der Waals surface area contributed by atoms with E-state index >= 15 is 0 Å². The van der Waals surface area contributed by atoms with Crippen LogP contribution in [0.4, 0.5) is 14.6 Å². The van der Waals surface area contributed by atoms with Crippen LogP contribution in [0.15, 0.2) is 42.5 Å². The van der Waals surface area contributed by atoms with Crippen LogP contribution in [0.25, 0.3) is 5.69 Å². The summed E-state index contributed by atoms with van der Waals surface area (Å²) in [5, 5.41) is 7.02. The molecule has 1 N–H and O–H groups in total. The van der Waals surface area contributed by atoms with Crippen LogP contribution in [-0.2, 0) is 22.3 Å². The van der Waals surface area contributed by atoms with Gasteiger partial charge in [0.2, 0.25) is 0 Å². The van der Waals surface area contributed by atoms with Gasteiger partial charge in [-0.3, -0.25) is 9.00 Å². The Morgan fingerprint density at radius 2 is 1.78 bits per heavy atom. The SMILES string of the molecule is Cc1ccc(-n2nc3c(c2NC(=O)c2c(F)cccc2F)C[S@@](=O)C3)cc1. The fourth-order valence-corrected chi connectivity index (χ4v) is 4.28. The van der Waals surface area contributed by atoms with Gasteiger partial charge in [0.05, 0.1) is 22.9 Å². The molecule has 0 saturated carbocycles. The van der Waals surface area contributed by atoms with Crippen LogP contribution in [-0.4, -0.2) is 19.9 Å². The van der Waals surface area contributed by atoms with Crippen LogP contribution in [0.1, 0.15) is 27.2 Å². The molecule has 0 fully saturated rings. The van der Waals surface area contributed by atoms with E-state index in [0.29, 0.717) is 16.9 Å². The van der Waals surface area contributed by atoms with Crippen molar-refractivity contribution in [3.05, 3.63) is 76.5 Å². The topological polar surface area (TPSA) is 64.0 Å². The summed E-state index contributed by atoms with van der Waals surface area (Å²) in [6.07, 6.45) is 0. The lowest BCUT2D eigenvalue weighted by molar-refractivity contribution is 0.101. The fraction of sp³-hybridized carbons (Fsp3) is 0.158. The van der Waals surface area contributed by atoms with Crippen LogP contribution in [0, 0.1) is 18.6 Å². The molecule has 2 heterocycles. The lowest BCUT2D eigenvalue weighted by atomic mass is 10.1. The van der Waals surface area contributed by atoms with E-state index in [9.17, 15) is 17.8 Å². The van der Waals surface area contributed by atoms with Gasteiger partial charge >= 0.3 is 0 Å². The van der Waals surface area contributed by atoms with Crippen LogP contribution in [0.5, 0.6) is 0 Å². The molecule has 0 unspecified atom stereocenters. The summed E-state index contributed by atoms with van der Waals surface area (Å²) in [6.45, 7) is 1.94. The van der Waals surface area contributed by atoms with Gasteiger partial charge in [0.25, 0.3) is 5.91 Å². The molecule has 1 aromatic heterocycles. The molecule has 27 heavy (non-hydrogen) atoms. The van der Waals surface area contributed by atoms with Crippen molar-refractivity contribution < 1.29 is 17.8 Å². The van der Waals surface area contributed by atoms with E-state index in [1.54, 1.807) is 0 Å². The van der Waals surface area contributed by atoms with Gasteiger partial charge in [-0.05, 0) is 31.2 Å². The average molecular weight is 387 g/mol. The number of fused-ring (bicyclic) bond motifs is 1. The van der Waals surface area contributed by atoms with E-state index in [4.69, 9.17) is 0 Å². The molecule has 1 aliphatic heterocycles. The smallest absolute Gasteiger partial charge is 0.262 e. The van der Waals surface area contributed by atoms with E-state index in [1.165, 1.54) is 10.7 Å². The number of aromatic nitrogens is 2. The molecule has 138 valence electrons. The van der Waals surface area contributed by atoms with Crippen molar-refractivity contribution in [1.29, 1.82) is 0 Å². The molecule has 2 aromatic carbocycles. The predicted octanol–water partition coefficient (Wildman–Crippen LogP) is 3.47. The van der Waals surface area contributed by atoms with Crippen LogP contribution < -0.4 is 5.32 Å². The second-order valence-corrected chi connectivity index (χ2v) is 7.76. The molecule has 0 radical (unpaired) electrons. The van der Waals surface area contributed by atoms with Crippen molar-refractivity contribution in [2.24, 2.45) is 0 Å². The molecule has 0 bridgehead atoms. The number of nitrogens with one attached hydrogen (secondary N) is 1. The molecule has 0 aliphatic carbocycles. The number of anilines is 1. The Hall–Kier alpha value is -2.87. The third-order valence-electron chi connectivity index (χ3n) is 4.37. The van der Waals surface area contributed by atoms with Crippen molar-refractivity contribution in [3.8, 4) is 5.69 Å². The first kappa shape index (κ1) is 17.5. The zero-order valence-electron chi connectivity index (χ0n) is 14.3. The zero-order valence-corrected chi connectivity index (χ0v) is 15.1. The van der Waals surface area contributed by atoms with Gasteiger partial charge in [-0.2, -0.15) is 5.10 Å². The van der Waals surface area contributed by atoms with Crippen molar-refractivity contribution in [1.82, 2.24) is 9.78 Å². The first-order chi connectivity index (χ1) is 12.9. The number of rotatable bonds is 3. The van der Waals surface area contributed by atoms with Crippen molar-refractivity contribution in [2.75, 3.05) is 5.32 Å². The minimum atomic E-state index is -1.11. The molecule has 5 nitrogen and oxygen atoms in total. The van der Waals surface area contributed by atoms with Gasteiger partial charge in [-0.1, -0.05) is 23.8 Å². The van der Waals surface area contributed by atoms with E-state index in [2.05, 4.69) is 10.4 Å². The third kappa shape index (κ3) is 3.16. The van der Waals surface area contributed by atoms with Gasteiger partial charge in [-0.15, -0.1) is 0 Å². The van der Waals surface area contributed by atoms with E-state index < -0.39 is 33.9 Å². The summed E-state index contributed by atoms with van der Waals surface area (Å²) < 4.78 is 41.3. The number of nitrogens with zero attached hydrogens (tertiary/aromatic N) is 2. The van der Waals surface area contributed by atoms with E-state index in [0.717, 1.165) is 17.7 Å². The highest BCUT2D eigenvalue weighted by Crippen LogP contribution is 2.32. The average Bonchev–Trinajstić information content (AvgIpc) is 3.13. The number of hydrogen-bond donors (Lipinski definition) is 1. The summed E-state index contributed by atoms with van der Waals surface area (Å²) in [5.41, 5.74) is 2.31. The fourth-order valence-electron chi connectivity index (χ4n) is 3.01. The first-order valence-corrected chi connectivity index (χ1v) is 9.71. The monoisotopic (exact) mass is 387 g/mol. The molecule has 1 aliphatic rings. The minimum absolute atomic E-state index is 0.233. The Balaban J connectivity index is 1.78. The summed E-state index contributed by atoms with van der Waals surface area (Å²) in [4.78, 5) is 12.6. The molecule has 0 spiro atoms. The highest BCUT2D eigenvalue weighted by Gasteiger charge is 2.29. The third-order valence-corrected chi connectivity index (χ3v) is 5.58. The molecule has 1 atom stereocenters. The molecular formula is C19H15F2N3O2S. The first-order valence-electron chi connectivity index (χ1n) is 8.22. The predicted molar refractivity (Wildman–Crippen MR) is 98.2 cm³/mol. The summed E-state index contributed by atoms with van der Waals surface area (Å²) in [5.74, 6) is -2.02. The molecule has 8 heteroatoms. The van der Waals surface area contributed by atoms with Gasteiger partial charge in [-0.25, -0.2) is 13.5 Å². The maximum absolute atomic E-state index is 14.0. The van der Waals surface area contributed by atoms with Crippen LogP contribution in [0.3, 0.4) is 0 Å². The van der Waals surface area contributed by atoms with E-state index in [-0.39, 0.29) is 17.3 Å². The largest absolute Gasteiger partial charge is 0.306 e. The minimum Gasteiger partial charge on any atom is -0.306 e. The van der Waals surface area contributed by atoms with Crippen molar-refractivity contribution in [2.45, 2.75) is 18.4 Å². The zero-order chi connectivity index (χ0) is 19.1. The standard InChI is InChI=1S/C19H15F2N3O2S/c1-11-5-7-12(8-6-11)24-18(13-9-27(26)10-16(13)23-24)22-19(25)17-14(20)3-2-4-15(17)21/h2-8H,9-10H2,1H3,(H,22,25)/t27-/m1/s1. The quantitative estimate of drug-likeness (QED) is 0.749. The summed E-state index contributed by atoms with van der Waals surface area (Å²) >= 11 is 0. The van der Waals surface area contributed by atoms with Crippen molar-refractivity contribution in [3.63, 3.8) is 0 Å². The van der Waals surface area contributed by atoms with E-state index in [1.807, 2.05) is 31.2 Å². The molecule has 0 saturated heterocycles. The lowest BCUT2D eigenvalue weighted by Gasteiger charge is -2.12. The number of amides is 1. The summed E-state index contributed by atoms with van der Waals surface area (Å²) in [7, 11) is -1.11. The van der Waals surface area contributed by atoms with Crippen LogP contribution in [0.2, 0.25) is 0 Å². The number of benzene rings is 2. The number of carbonyl (C=O) groups is 1. The maximum atomic E-state index is 14.0. The number of carbonyl (C=O) groups excluding carboxylic acids is 1. The lowest BCUT2D eigenvalue weighted by Crippen LogP contribution is -2.19. The highest BCUT2D eigenvalue weighted by molar-refractivity contribution is 7.83. The second kappa shape index (κ2) is 6.70. The number of aryl methyl sites for hydroxylation is 1. The van der Waals surface area contributed by atoms with Gasteiger partial charge in [0, 0.05) is 16.4 Å². The van der Waals surface area contributed by atoms with Crippen LogP contribution >= 0.6 is 0 Å². The van der Waals surface area contributed by atoms with Gasteiger partial charge in [0.1, 0.15) is 23.0 Å². The number of hydrogen-bond acceptors (Lipinski definition) is 3. The Bertz CT molecular complexity index is 1060. The highest BCUT2D eigenvalue weighted by atomic mass is 32.2. The Morgan fingerprint density at radius 1 is 1.11 bits per heavy atom. The van der Waals surface area contributed by atoms with Gasteiger partial charge < -0.3 is 5.32 Å².